The molecule has 0 bridgehead atoms. The number of fused-ring (bicyclic) bond motifs is 1. The number of aromatic nitrogens is 2. The zero-order valence-corrected chi connectivity index (χ0v) is 10.3. The fraction of sp³-hybridized carbons (Fsp3) is 0. The van der Waals surface area contributed by atoms with Crippen LogP contribution in [0.3, 0.4) is 0 Å². The standard InChI is InChI=1S/C14H7ClF2N2/c15-13-11-3-1-2-4-12(11)18-14(19-13)8-5-9(16)7-10(17)6-8/h1-7H. The van der Waals surface area contributed by atoms with Gasteiger partial charge in [-0.3, -0.25) is 0 Å². The average Bonchev–Trinajstić information content (AvgIpc) is 2.37. The molecule has 2 nitrogen and oxygen atoms in total. The van der Waals surface area contributed by atoms with Gasteiger partial charge in [0.1, 0.15) is 16.8 Å². The minimum Gasteiger partial charge on any atom is -0.228 e. The third-order valence-electron chi connectivity index (χ3n) is 2.68. The van der Waals surface area contributed by atoms with Gasteiger partial charge in [0.25, 0.3) is 0 Å². The highest BCUT2D eigenvalue weighted by Gasteiger charge is 2.09. The van der Waals surface area contributed by atoms with E-state index in [4.69, 9.17) is 11.6 Å². The SMILES string of the molecule is Fc1cc(F)cc(-c2nc(Cl)c3ccccc3n2)c1. The van der Waals surface area contributed by atoms with Crippen LogP contribution in [-0.4, -0.2) is 9.97 Å². The zero-order valence-electron chi connectivity index (χ0n) is 9.57. The Hall–Kier alpha value is -2.07. The molecule has 1 aromatic heterocycles. The van der Waals surface area contributed by atoms with Gasteiger partial charge in [0, 0.05) is 17.0 Å². The van der Waals surface area contributed by atoms with Crippen molar-refractivity contribution < 1.29 is 8.78 Å². The van der Waals surface area contributed by atoms with Gasteiger partial charge in [0.2, 0.25) is 0 Å². The second-order valence-corrected chi connectivity index (χ2v) is 4.37. The van der Waals surface area contributed by atoms with Gasteiger partial charge < -0.3 is 0 Å². The van der Waals surface area contributed by atoms with Crippen molar-refractivity contribution in [3.8, 4) is 11.4 Å². The van der Waals surface area contributed by atoms with Crippen LogP contribution in [0.15, 0.2) is 42.5 Å². The Morgan fingerprint density at radius 2 is 1.58 bits per heavy atom. The van der Waals surface area contributed by atoms with Gasteiger partial charge in [-0.05, 0) is 24.3 Å². The summed E-state index contributed by atoms with van der Waals surface area (Å²) in [6.45, 7) is 0. The van der Waals surface area contributed by atoms with Gasteiger partial charge in [-0.1, -0.05) is 23.7 Å². The number of hydrogen-bond acceptors (Lipinski definition) is 2. The van der Waals surface area contributed by atoms with Crippen molar-refractivity contribution in [2.45, 2.75) is 0 Å². The Morgan fingerprint density at radius 1 is 0.895 bits per heavy atom. The molecule has 0 spiro atoms. The number of hydrogen-bond donors (Lipinski definition) is 0. The van der Waals surface area contributed by atoms with Crippen LogP contribution in [0.25, 0.3) is 22.3 Å². The molecule has 94 valence electrons. The molecule has 0 fully saturated rings. The van der Waals surface area contributed by atoms with Crippen LogP contribution in [0.2, 0.25) is 5.15 Å². The molecule has 0 amide bonds. The summed E-state index contributed by atoms with van der Waals surface area (Å²) in [5.74, 6) is -1.16. The van der Waals surface area contributed by atoms with Crippen molar-refractivity contribution in [2.75, 3.05) is 0 Å². The van der Waals surface area contributed by atoms with Crippen molar-refractivity contribution in [3.63, 3.8) is 0 Å². The lowest BCUT2D eigenvalue weighted by atomic mass is 10.2. The molecule has 0 aliphatic heterocycles. The van der Waals surface area contributed by atoms with Gasteiger partial charge in [0.15, 0.2) is 5.82 Å². The number of benzene rings is 2. The maximum Gasteiger partial charge on any atom is 0.161 e. The molecule has 0 aliphatic carbocycles. The molecule has 5 heteroatoms. The Kier molecular flexibility index (Phi) is 2.87. The van der Waals surface area contributed by atoms with Crippen LogP contribution in [0, 0.1) is 11.6 Å². The first-order valence-electron chi connectivity index (χ1n) is 5.52. The Morgan fingerprint density at radius 3 is 2.32 bits per heavy atom. The first kappa shape index (κ1) is 12.0. The first-order valence-corrected chi connectivity index (χ1v) is 5.90. The summed E-state index contributed by atoms with van der Waals surface area (Å²) in [5.41, 5.74) is 0.882. The van der Waals surface area contributed by atoms with Crippen molar-refractivity contribution in [1.82, 2.24) is 9.97 Å². The van der Waals surface area contributed by atoms with E-state index in [9.17, 15) is 8.78 Å². The van der Waals surface area contributed by atoms with Crippen LogP contribution in [0.5, 0.6) is 0 Å². The summed E-state index contributed by atoms with van der Waals surface area (Å²) in [6.07, 6.45) is 0. The molecular weight excluding hydrogens is 270 g/mol. The normalized spacial score (nSPS) is 10.9. The molecule has 2 aromatic carbocycles. The van der Waals surface area contributed by atoms with Gasteiger partial charge in [-0.25, -0.2) is 18.7 Å². The maximum atomic E-state index is 13.2. The third kappa shape index (κ3) is 2.27. The third-order valence-corrected chi connectivity index (χ3v) is 2.97. The lowest BCUT2D eigenvalue weighted by Gasteiger charge is -2.04. The van der Waals surface area contributed by atoms with E-state index in [0.717, 1.165) is 6.07 Å². The summed E-state index contributed by atoms with van der Waals surface area (Å²) in [7, 11) is 0. The van der Waals surface area contributed by atoms with Gasteiger partial charge in [-0.15, -0.1) is 0 Å². The van der Waals surface area contributed by atoms with Gasteiger partial charge in [-0.2, -0.15) is 0 Å². The van der Waals surface area contributed by atoms with E-state index < -0.39 is 11.6 Å². The summed E-state index contributed by atoms with van der Waals surface area (Å²) >= 11 is 6.05. The van der Waals surface area contributed by atoms with E-state index in [0.29, 0.717) is 10.9 Å². The molecule has 3 aromatic rings. The van der Waals surface area contributed by atoms with E-state index in [1.165, 1.54) is 12.1 Å². The van der Waals surface area contributed by atoms with Crippen LogP contribution >= 0.6 is 11.6 Å². The molecular formula is C14H7ClF2N2. The predicted octanol–water partition coefficient (Wildman–Crippen LogP) is 4.23. The predicted molar refractivity (Wildman–Crippen MR) is 69.9 cm³/mol. The van der Waals surface area contributed by atoms with Crippen molar-refractivity contribution in [3.05, 3.63) is 59.3 Å². The van der Waals surface area contributed by atoms with E-state index in [-0.39, 0.29) is 16.5 Å². The highest BCUT2D eigenvalue weighted by Crippen LogP contribution is 2.25. The van der Waals surface area contributed by atoms with E-state index in [1.54, 1.807) is 12.1 Å². The quantitative estimate of drug-likeness (QED) is 0.622. The average molecular weight is 277 g/mol. The number of halogens is 3. The monoisotopic (exact) mass is 276 g/mol. The van der Waals surface area contributed by atoms with Crippen LogP contribution < -0.4 is 0 Å². The van der Waals surface area contributed by atoms with E-state index in [2.05, 4.69) is 9.97 Å². The molecule has 1 heterocycles. The largest absolute Gasteiger partial charge is 0.228 e. The Balaban J connectivity index is 2.25. The second-order valence-electron chi connectivity index (χ2n) is 4.01. The van der Waals surface area contributed by atoms with Crippen molar-refractivity contribution >= 4 is 22.5 Å². The first-order chi connectivity index (χ1) is 9.13. The molecule has 0 saturated carbocycles. The smallest absolute Gasteiger partial charge is 0.161 e. The highest BCUT2D eigenvalue weighted by atomic mass is 35.5. The molecule has 0 radical (unpaired) electrons. The zero-order chi connectivity index (χ0) is 13.4. The van der Waals surface area contributed by atoms with Crippen molar-refractivity contribution in [2.24, 2.45) is 0 Å². The molecule has 0 aliphatic rings. The summed E-state index contributed by atoms with van der Waals surface area (Å²) < 4.78 is 26.4. The minimum atomic E-state index is -0.678. The molecule has 0 atom stereocenters. The lowest BCUT2D eigenvalue weighted by Crippen LogP contribution is -1.93. The fourth-order valence-corrected chi connectivity index (χ4v) is 2.09. The molecule has 19 heavy (non-hydrogen) atoms. The van der Waals surface area contributed by atoms with Crippen LogP contribution in [-0.2, 0) is 0 Å². The summed E-state index contributed by atoms with van der Waals surface area (Å²) in [6, 6.07) is 10.3. The summed E-state index contributed by atoms with van der Waals surface area (Å²) in [4.78, 5) is 8.33. The topological polar surface area (TPSA) is 25.8 Å². The highest BCUT2D eigenvalue weighted by molar-refractivity contribution is 6.34. The Bertz CT molecular complexity index is 754. The van der Waals surface area contributed by atoms with E-state index >= 15 is 0 Å². The van der Waals surface area contributed by atoms with Crippen LogP contribution in [0.4, 0.5) is 8.78 Å². The minimum absolute atomic E-state index is 0.196. The van der Waals surface area contributed by atoms with Crippen molar-refractivity contribution in [1.29, 1.82) is 0 Å². The molecule has 0 N–H and O–H groups in total. The summed E-state index contributed by atoms with van der Waals surface area (Å²) in [5, 5.41) is 0.954. The van der Waals surface area contributed by atoms with Gasteiger partial charge >= 0.3 is 0 Å². The second kappa shape index (κ2) is 4.55. The van der Waals surface area contributed by atoms with Crippen LogP contribution in [0.1, 0.15) is 0 Å². The fourth-order valence-electron chi connectivity index (χ4n) is 1.85. The molecule has 0 unspecified atom stereocenters. The maximum absolute atomic E-state index is 13.2. The molecule has 3 rings (SSSR count). The molecule has 0 saturated heterocycles. The number of para-hydroxylation sites is 1. The Labute approximate surface area is 112 Å². The van der Waals surface area contributed by atoms with Gasteiger partial charge in [0.05, 0.1) is 5.52 Å². The lowest BCUT2D eigenvalue weighted by molar-refractivity contribution is 0.584. The number of rotatable bonds is 1. The number of nitrogens with zero attached hydrogens (tertiary/aromatic N) is 2. The van der Waals surface area contributed by atoms with E-state index in [1.807, 2.05) is 12.1 Å².